The van der Waals surface area contributed by atoms with Gasteiger partial charge in [0.15, 0.2) is 11.5 Å². The summed E-state index contributed by atoms with van der Waals surface area (Å²) in [6, 6.07) is 5.69. The van der Waals surface area contributed by atoms with Crippen molar-refractivity contribution in [1.82, 2.24) is 19.9 Å². The molecule has 4 rings (SSSR count). The molecule has 0 saturated heterocycles. The van der Waals surface area contributed by atoms with Crippen LogP contribution in [0.5, 0.6) is 11.5 Å². The number of rotatable bonds is 5. The molecule has 0 fully saturated rings. The van der Waals surface area contributed by atoms with Gasteiger partial charge in [0.05, 0.1) is 50.6 Å². The van der Waals surface area contributed by atoms with Crippen LogP contribution in [0.15, 0.2) is 29.9 Å². The van der Waals surface area contributed by atoms with Gasteiger partial charge >= 0.3 is 0 Å². The van der Waals surface area contributed by atoms with Crippen molar-refractivity contribution < 1.29 is 14.3 Å². The van der Waals surface area contributed by atoms with Gasteiger partial charge in [0.2, 0.25) is 5.91 Å². The van der Waals surface area contributed by atoms with Crippen LogP contribution >= 0.6 is 11.3 Å². The lowest BCUT2D eigenvalue weighted by molar-refractivity contribution is -0.131. The van der Waals surface area contributed by atoms with Crippen molar-refractivity contribution >= 4 is 17.2 Å². The molecule has 7 nitrogen and oxygen atoms in total. The van der Waals surface area contributed by atoms with E-state index in [-0.39, 0.29) is 5.91 Å². The lowest BCUT2D eigenvalue weighted by Gasteiger charge is -2.26. The number of aromatic amines is 1. The zero-order valence-electron chi connectivity index (χ0n) is 15.2. The third-order valence-corrected chi connectivity index (χ3v) is 5.58. The number of ether oxygens (including phenoxy) is 2. The number of nitrogens with zero attached hydrogens (tertiary/aromatic N) is 3. The van der Waals surface area contributed by atoms with E-state index in [1.807, 2.05) is 28.5 Å². The van der Waals surface area contributed by atoms with Crippen molar-refractivity contribution in [3.63, 3.8) is 0 Å². The molecule has 1 aromatic carbocycles. The Morgan fingerprint density at radius 2 is 2.15 bits per heavy atom. The maximum absolute atomic E-state index is 12.6. The van der Waals surface area contributed by atoms with Crippen LogP contribution in [0.1, 0.15) is 17.1 Å². The Morgan fingerprint density at radius 1 is 1.30 bits per heavy atom. The van der Waals surface area contributed by atoms with Gasteiger partial charge < -0.3 is 19.4 Å². The summed E-state index contributed by atoms with van der Waals surface area (Å²) in [6.45, 7) is 1.28. The fourth-order valence-electron chi connectivity index (χ4n) is 3.18. The average molecular weight is 384 g/mol. The monoisotopic (exact) mass is 384 g/mol. The summed E-state index contributed by atoms with van der Waals surface area (Å²) < 4.78 is 10.6. The third kappa shape index (κ3) is 3.52. The van der Waals surface area contributed by atoms with Gasteiger partial charge in [0.25, 0.3) is 0 Å². The first kappa shape index (κ1) is 17.5. The zero-order valence-corrected chi connectivity index (χ0v) is 16.0. The molecule has 1 N–H and O–H groups in total. The first-order valence-corrected chi connectivity index (χ1v) is 9.51. The van der Waals surface area contributed by atoms with Gasteiger partial charge in [-0.05, 0) is 18.2 Å². The van der Waals surface area contributed by atoms with E-state index in [0.717, 1.165) is 34.1 Å². The second kappa shape index (κ2) is 7.40. The molecule has 1 aliphatic rings. The van der Waals surface area contributed by atoms with Crippen LogP contribution < -0.4 is 9.47 Å². The van der Waals surface area contributed by atoms with Crippen LogP contribution in [0.25, 0.3) is 10.6 Å². The molecule has 0 aliphatic carbocycles. The first-order valence-electron chi connectivity index (χ1n) is 8.63. The molecule has 0 unspecified atom stereocenters. The largest absolute Gasteiger partial charge is 0.493 e. The molecule has 2 aromatic heterocycles. The Labute approximate surface area is 161 Å². The average Bonchev–Trinajstić information content (AvgIpc) is 3.36. The van der Waals surface area contributed by atoms with Gasteiger partial charge in [0.1, 0.15) is 5.01 Å². The second-order valence-corrected chi connectivity index (χ2v) is 7.14. The van der Waals surface area contributed by atoms with Crippen LogP contribution in [0.3, 0.4) is 0 Å². The summed E-state index contributed by atoms with van der Waals surface area (Å²) in [5, 5.41) is 2.79. The summed E-state index contributed by atoms with van der Waals surface area (Å²) in [4.78, 5) is 26.5. The number of carbonyl (C=O) groups is 1. The molecule has 0 saturated carbocycles. The fraction of sp³-hybridized carbons (Fsp3) is 0.316. The Bertz CT molecular complexity index is 966. The molecule has 0 bridgehead atoms. The maximum Gasteiger partial charge on any atom is 0.228 e. The summed E-state index contributed by atoms with van der Waals surface area (Å²) >= 11 is 1.52. The van der Waals surface area contributed by atoms with Crippen molar-refractivity contribution in [1.29, 1.82) is 0 Å². The third-order valence-electron chi connectivity index (χ3n) is 4.64. The topological polar surface area (TPSA) is 80.3 Å². The number of methoxy groups -OCH3 is 2. The lowest BCUT2D eigenvalue weighted by atomic mass is 10.1. The predicted molar refractivity (Wildman–Crippen MR) is 102 cm³/mol. The highest BCUT2D eigenvalue weighted by Gasteiger charge is 2.23. The molecule has 3 heterocycles. The first-order chi connectivity index (χ1) is 13.2. The van der Waals surface area contributed by atoms with Crippen molar-refractivity contribution in [2.75, 3.05) is 20.8 Å². The SMILES string of the molecule is COc1ccc(-c2nc(CC(=O)N3CCc4nc[nH]c4C3)cs2)cc1OC. The second-order valence-electron chi connectivity index (χ2n) is 6.28. The molecule has 0 radical (unpaired) electrons. The highest BCUT2D eigenvalue weighted by Crippen LogP contribution is 2.33. The Hall–Kier alpha value is -2.87. The minimum atomic E-state index is 0.0828. The molecule has 1 aliphatic heterocycles. The predicted octanol–water partition coefficient (Wildman–Crippen LogP) is 2.68. The number of aromatic nitrogens is 3. The minimum Gasteiger partial charge on any atom is -0.493 e. The van der Waals surface area contributed by atoms with Crippen LogP contribution in [-0.4, -0.2) is 46.5 Å². The van der Waals surface area contributed by atoms with E-state index in [2.05, 4.69) is 15.0 Å². The summed E-state index contributed by atoms with van der Waals surface area (Å²) in [5.74, 6) is 1.42. The van der Waals surface area contributed by atoms with Crippen LogP contribution in [0.2, 0.25) is 0 Å². The van der Waals surface area contributed by atoms with Gasteiger partial charge in [-0.1, -0.05) is 0 Å². The molecular weight excluding hydrogens is 364 g/mol. The molecule has 0 spiro atoms. The Kier molecular flexibility index (Phi) is 4.81. The van der Waals surface area contributed by atoms with E-state index in [9.17, 15) is 4.79 Å². The van der Waals surface area contributed by atoms with Crippen molar-refractivity contribution in [2.24, 2.45) is 0 Å². The van der Waals surface area contributed by atoms with Crippen LogP contribution in [0.4, 0.5) is 0 Å². The number of thiazole rings is 1. The van der Waals surface area contributed by atoms with Crippen molar-refractivity contribution in [3.8, 4) is 22.1 Å². The lowest BCUT2D eigenvalue weighted by Crippen LogP contribution is -2.37. The molecule has 0 atom stereocenters. The number of H-pyrrole nitrogens is 1. The van der Waals surface area contributed by atoms with Gasteiger partial charge in [0, 0.05) is 23.9 Å². The van der Waals surface area contributed by atoms with E-state index >= 15 is 0 Å². The van der Waals surface area contributed by atoms with E-state index in [1.54, 1.807) is 20.5 Å². The minimum absolute atomic E-state index is 0.0828. The number of fused-ring (bicyclic) bond motifs is 1. The summed E-state index contributed by atoms with van der Waals surface area (Å²) in [5.41, 5.74) is 3.81. The molecule has 140 valence electrons. The number of nitrogens with one attached hydrogen (secondary N) is 1. The van der Waals surface area contributed by atoms with Gasteiger partial charge in [-0.3, -0.25) is 4.79 Å². The molecule has 1 amide bonds. The van der Waals surface area contributed by atoms with Gasteiger partial charge in [-0.15, -0.1) is 11.3 Å². The number of amides is 1. The molecule has 3 aromatic rings. The number of hydrogen-bond acceptors (Lipinski definition) is 6. The maximum atomic E-state index is 12.6. The molecule has 27 heavy (non-hydrogen) atoms. The van der Waals surface area contributed by atoms with Crippen molar-refractivity contribution in [3.05, 3.63) is 47.0 Å². The summed E-state index contributed by atoms with van der Waals surface area (Å²) in [7, 11) is 3.22. The number of imidazole rings is 1. The highest BCUT2D eigenvalue weighted by molar-refractivity contribution is 7.13. The summed E-state index contributed by atoms with van der Waals surface area (Å²) in [6.07, 6.45) is 2.78. The standard InChI is InChI=1S/C19H20N4O3S/c1-25-16-4-3-12(7-17(16)26-2)19-22-13(10-27-19)8-18(24)23-6-5-14-15(9-23)21-11-20-14/h3-4,7,10-11H,5-6,8-9H2,1-2H3,(H,20,21). The van der Waals surface area contributed by atoms with Gasteiger partial charge in [-0.2, -0.15) is 0 Å². The Morgan fingerprint density at radius 3 is 2.96 bits per heavy atom. The van der Waals surface area contributed by atoms with Crippen molar-refractivity contribution in [2.45, 2.75) is 19.4 Å². The van der Waals surface area contributed by atoms with Crippen LogP contribution in [0, 0.1) is 0 Å². The number of benzene rings is 1. The van der Waals surface area contributed by atoms with E-state index in [4.69, 9.17) is 9.47 Å². The Balaban J connectivity index is 1.46. The number of carbonyl (C=O) groups excluding carboxylic acids is 1. The molecule has 8 heteroatoms. The van der Waals surface area contributed by atoms with Gasteiger partial charge in [-0.25, -0.2) is 9.97 Å². The quantitative estimate of drug-likeness (QED) is 0.732. The molecular formula is C19H20N4O3S. The van der Waals surface area contributed by atoms with E-state index in [1.165, 1.54) is 11.3 Å². The number of hydrogen-bond donors (Lipinski definition) is 1. The smallest absolute Gasteiger partial charge is 0.228 e. The zero-order chi connectivity index (χ0) is 18.8. The van der Waals surface area contributed by atoms with E-state index < -0.39 is 0 Å². The highest BCUT2D eigenvalue weighted by atomic mass is 32.1. The van der Waals surface area contributed by atoms with Crippen LogP contribution in [-0.2, 0) is 24.2 Å². The van der Waals surface area contributed by atoms with E-state index in [0.29, 0.717) is 31.0 Å². The normalized spacial score (nSPS) is 13.3. The fourth-order valence-corrected chi connectivity index (χ4v) is 4.00.